The van der Waals surface area contributed by atoms with Crippen LogP contribution in [0.5, 0.6) is 0 Å². The molecule has 0 unspecified atom stereocenters. The number of fused-ring (bicyclic) bond motifs is 1. The van der Waals surface area contributed by atoms with Crippen LogP contribution in [0.2, 0.25) is 0 Å². The highest BCUT2D eigenvalue weighted by molar-refractivity contribution is 7.90. The van der Waals surface area contributed by atoms with Gasteiger partial charge in [0.05, 0.1) is 41.4 Å². The third kappa shape index (κ3) is 6.96. The average molecular weight is 669 g/mol. The lowest BCUT2D eigenvalue weighted by molar-refractivity contribution is -0.200. The summed E-state index contributed by atoms with van der Waals surface area (Å²) in [7, 11) is -3.88. The molecule has 1 spiro atoms. The van der Waals surface area contributed by atoms with Gasteiger partial charge in [-0.3, -0.25) is 4.90 Å². The van der Waals surface area contributed by atoms with E-state index in [2.05, 4.69) is 27.4 Å². The zero-order valence-corrected chi connectivity index (χ0v) is 25.9. The molecule has 1 aliphatic carbocycles. The summed E-state index contributed by atoms with van der Waals surface area (Å²) >= 11 is 0. The molecule has 248 valence electrons. The summed E-state index contributed by atoms with van der Waals surface area (Å²) in [4.78, 5) is 2.05. The summed E-state index contributed by atoms with van der Waals surface area (Å²) in [6.07, 6.45) is -4.62. The zero-order valence-electron chi connectivity index (χ0n) is 25.1. The Kier molecular flexibility index (Phi) is 8.48. The van der Waals surface area contributed by atoms with Crippen LogP contribution in [0.25, 0.3) is 10.9 Å². The van der Waals surface area contributed by atoms with Gasteiger partial charge in [-0.2, -0.15) is 26.3 Å². The highest BCUT2D eigenvalue weighted by Crippen LogP contribution is 2.42. The van der Waals surface area contributed by atoms with E-state index in [1.165, 1.54) is 0 Å². The quantitative estimate of drug-likeness (QED) is 0.233. The summed E-state index contributed by atoms with van der Waals surface area (Å²) in [5, 5.41) is 6.65. The molecule has 3 aromatic rings. The van der Waals surface area contributed by atoms with Gasteiger partial charge in [0.2, 0.25) is 0 Å². The minimum Gasteiger partial charge on any atom is -0.382 e. The van der Waals surface area contributed by atoms with Gasteiger partial charge in [0.1, 0.15) is 6.54 Å². The minimum absolute atomic E-state index is 0.0715. The van der Waals surface area contributed by atoms with Crippen LogP contribution in [0.3, 0.4) is 0 Å². The summed E-state index contributed by atoms with van der Waals surface area (Å²) in [5.74, 6) is 5.33. The maximum absolute atomic E-state index is 13.6. The van der Waals surface area contributed by atoms with Crippen molar-refractivity contribution in [3.8, 4) is 11.8 Å². The normalized spacial score (nSPS) is 21.7. The Balaban J connectivity index is 1.18. The van der Waals surface area contributed by atoms with E-state index in [9.17, 15) is 34.8 Å². The largest absolute Gasteiger partial charge is 0.418 e. The van der Waals surface area contributed by atoms with Crippen molar-refractivity contribution in [3.63, 3.8) is 0 Å². The second kappa shape index (κ2) is 12.0. The van der Waals surface area contributed by atoms with Crippen molar-refractivity contribution < 1.29 is 39.5 Å². The van der Waals surface area contributed by atoms with Crippen molar-refractivity contribution >= 4 is 32.1 Å². The van der Waals surface area contributed by atoms with Gasteiger partial charge < -0.3 is 19.9 Å². The van der Waals surface area contributed by atoms with Crippen LogP contribution in [0, 0.1) is 17.3 Å². The lowest BCUT2D eigenvalue weighted by Crippen LogP contribution is -2.68. The molecule has 7 nitrogen and oxygen atoms in total. The molecular formula is C32H34F6N4O3S. The third-order valence-electron chi connectivity index (χ3n) is 9.06. The van der Waals surface area contributed by atoms with Crippen molar-refractivity contribution in [2.75, 3.05) is 49.7 Å². The van der Waals surface area contributed by atoms with Crippen LogP contribution < -0.4 is 10.6 Å². The number of benzene rings is 2. The van der Waals surface area contributed by atoms with E-state index in [1.54, 1.807) is 18.2 Å². The monoisotopic (exact) mass is 668 g/mol. The molecule has 3 heterocycles. The Hall–Kier alpha value is -3.41. The molecule has 0 bridgehead atoms. The van der Waals surface area contributed by atoms with Crippen LogP contribution in [0.15, 0.2) is 47.4 Å². The summed E-state index contributed by atoms with van der Waals surface area (Å²) in [5.41, 5.74) is -0.0900. The fourth-order valence-electron chi connectivity index (χ4n) is 6.73. The van der Waals surface area contributed by atoms with Gasteiger partial charge in [-0.1, -0.05) is 12.0 Å². The predicted octanol–water partition coefficient (Wildman–Crippen LogP) is 6.14. The van der Waals surface area contributed by atoms with Gasteiger partial charge in [0.25, 0.3) is 0 Å². The number of halogens is 6. The fraction of sp³-hybridized carbons (Fsp3) is 0.500. The van der Waals surface area contributed by atoms with Gasteiger partial charge in [-0.15, -0.1) is 0 Å². The number of ether oxygens (including phenoxy) is 1. The van der Waals surface area contributed by atoms with Gasteiger partial charge in [0.15, 0.2) is 9.84 Å². The first-order valence-corrected chi connectivity index (χ1v) is 16.9. The number of nitrogens with one attached hydrogen (secondary N) is 2. The van der Waals surface area contributed by atoms with Crippen LogP contribution in [-0.2, 0) is 27.3 Å². The fourth-order valence-corrected chi connectivity index (χ4v) is 7.38. The maximum atomic E-state index is 13.6. The van der Waals surface area contributed by atoms with Crippen molar-refractivity contribution in [2.45, 2.75) is 61.6 Å². The number of sulfone groups is 1. The Morgan fingerprint density at radius 1 is 0.978 bits per heavy atom. The molecule has 0 amide bonds. The Morgan fingerprint density at radius 2 is 1.70 bits per heavy atom. The number of aromatic nitrogens is 1. The number of alkyl halides is 6. The molecule has 0 radical (unpaired) electrons. The molecular weight excluding hydrogens is 634 g/mol. The molecule has 14 heteroatoms. The van der Waals surface area contributed by atoms with E-state index in [-0.39, 0.29) is 18.3 Å². The third-order valence-corrected chi connectivity index (χ3v) is 10.2. The van der Waals surface area contributed by atoms with Crippen LogP contribution in [-0.4, -0.2) is 75.2 Å². The number of hydrogen-bond donors (Lipinski definition) is 2. The van der Waals surface area contributed by atoms with Gasteiger partial charge in [-0.25, -0.2) is 8.42 Å². The van der Waals surface area contributed by atoms with Crippen molar-refractivity contribution in [2.24, 2.45) is 5.41 Å². The van der Waals surface area contributed by atoms with Gasteiger partial charge in [0, 0.05) is 53.6 Å². The van der Waals surface area contributed by atoms with Crippen LogP contribution in [0.1, 0.15) is 36.9 Å². The van der Waals surface area contributed by atoms with E-state index in [0.29, 0.717) is 34.1 Å². The van der Waals surface area contributed by atoms with E-state index in [1.807, 2.05) is 6.07 Å². The van der Waals surface area contributed by atoms with Crippen molar-refractivity contribution in [1.29, 1.82) is 0 Å². The molecule has 2 aliphatic heterocycles. The van der Waals surface area contributed by atoms with Crippen LogP contribution in [0.4, 0.5) is 37.7 Å². The van der Waals surface area contributed by atoms with E-state index in [4.69, 9.17) is 4.74 Å². The summed E-state index contributed by atoms with van der Waals surface area (Å²) in [6, 6.07) is 9.99. The topological polar surface area (TPSA) is 75.6 Å². The first-order valence-electron chi connectivity index (χ1n) is 15.0. The molecule has 2 aromatic carbocycles. The number of likely N-dealkylation sites (tertiary alicyclic amines) is 1. The van der Waals surface area contributed by atoms with Crippen molar-refractivity contribution in [1.82, 2.24) is 9.47 Å². The lowest BCUT2D eigenvalue weighted by atomic mass is 9.75. The smallest absolute Gasteiger partial charge is 0.382 e. The number of rotatable bonds is 7. The Labute approximate surface area is 263 Å². The Bertz CT molecular complexity index is 1770. The molecule has 2 N–H and O–H groups in total. The first-order chi connectivity index (χ1) is 21.6. The molecule has 2 saturated heterocycles. The highest BCUT2D eigenvalue weighted by Gasteiger charge is 2.50. The highest BCUT2D eigenvalue weighted by atomic mass is 32.2. The zero-order chi connectivity index (χ0) is 32.9. The molecule has 1 saturated carbocycles. The second-order valence-corrected chi connectivity index (χ2v) is 14.7. The standard InChI is InChI=1S/C32H34F6N4O3S/c1-46(43,44)24-11-12-28(26(15-24)32(36,37)38)39-13-3-4-23-14-25-27(5-2-6-29(25)42(23)18-31(33,34)35)40-21-7-9-22(10-8-21)41-16-30(17-41)19-45-20-30/h2,5-6,11-12,14-15,21-22,39-40H,7-10,13,16-20H2,1H3/t21-,22+. The summed E-state index contributed by atoms with van der Waals surface area (Å²) in [6.45, 7) is 2.26. The molecule has 46 heavy (non-hydrogen) atoms. The SMILES string of the molecule is CS(=O)(=O)c1ccc(NCC#Cc2cc3c(N[C@H]4CC[C@@H](N5CC6(COC6)C5)CC4)cccc3n2CC(F)(F)F)c(C(F)(F)F)c1. The van der Waals surface area contributed by atoms with E-state index >= 15 is 0 Å². The molecule has 0 atom stereocenters. The first kappa shape index (κ1) is 32.5. The minimum atomic E-state index is -4.85. The molecule has 1 aromatic heterocycles. The van der Waals surface area contributed by atoms with E-state index < -0.39 is 44.9 Å². The second-order valence-electron chi connectivity index (χ2n) is 12.6. The number of hydrogen-bond acceptors (Lipinski definition) is 6. The molecule has 6 rings (SSSR count). The summed E-state index contributed by atoms with van der Waals surface area (Å²) < 4.78 is 112. The van der Waals surface area contributed by atoms with Gasteiger partial charge in [-0.05, 0) is 68.0 Å². The number of anilines is 2. The Morgan fingerprint density at radius 3 is 2.30 bits per heavy atom. The average Bonchev–Trinajstić information content (AvgIpc) is 3.26. The predicted molar refractivity (Wildman–Crippen MR) is 162 cm³/mol. The maximum Gasteiger partial charge on any atom is 0.418 e. The van der Waals surface area contributed by atoms with Crippen LogP contribution >= 0.6 is 0 Å². The molecule has 3 aliphatic rings. The van der Waals surface area contributed by atoms with Crippen molar-refractivity contribution in [3.05, 3.63) is 53.7 Å². The molecule has 3 fully saturated rings. The number of nitrogens with zero attached hydrogens (tertiary/aromatic N) is 2. The lowest BCUT2D eigenvalue weighted by Gasteiger charge is -2.58. The van der Waals surface area contributed by atoms with Gasteiger partial charge >= 0.3 is 12.4 Å². The van der Waals surface area contributed by atoms with E-state index in [0.717, 1.165) is 74.9 Å².